The molecule has 2 aromatic rings. The Morgan fingerprint density at radius 2 is 1.09 bits per heavy atom. The molecule has 0 bridgehead atoms. The third-order valence-electron chi connectivity index (χ3n) is 4.49. The van der Waals surface area contributed by atoms with Gasteiger partial charge in [-0.15, -0.1) is 0 Å². The molecule has 2 aromatic carbocycles. The van der Waals surface area contributed by atoms with Crippen molar-refractivity contribution in [3.8, 4) is 11.1 Å². The lowest BCUT2D eigenvalue weighted by atomic mass is 10.00. The summed E-state index contributed by atoms with van der Waals surface area (Å²) in [6, 6.07) is 17.1. The molecule has 0 saturated carbocycles. The van der Waals surface area contributed by atoms with Gasteiger partial charge < -0.3 is 5.11 Å². The standard InChI is InChI=1S/C22H30O/c1-2-3-4-5-6-7-8-9-19-10-14-21(15-11-19)22-16-12-20(18-23)13-17-22/h10-17,23H,2-9,18H2,1H3. The Kier molecular flexibility index (Phi) is 7.89. The fraction of sp³-hybridized carbons (Fsp3) is 0.455. The second kappa shape index (κ2) is 10.2. The average molecular weight is 310 g/mol. The molecule has 0 heterocycles. The summed E-state index contributed by atoms with van der Waals surface area (Å²) < 4.78 is 0. The second-order valence-corrected chi connectivity index (χ2v) is 6.42. The molecular weight excluding hydrogens is 280 g/mol. The van der Waals surface area contributed by atoms with Crippen molar-refractivity contribution in [1.82, 2.24) is 0 Å². The minimum Gasteiger partial charge on any atom is -0.392 e. The molecule has 0 aliphatic carbocycles. The van der Waals surface area contributed by atoms with E-state index in [-0.39, 0.29) is 6.61 Å². The molecule has 0 spiro atoms. The molecule has 1 N–H and O–H groups in total. The van der Waals surface area contributed by atoms with Gasteiger partial charge in [-0.2, -0.15) is 0 Å². The highest BCUT2D eigenvalue weighted by Gasteiger charge is 1.99. The Labute approximate surface area is 141 Å². The van der Waals surface area contributed by atoms with Crippen LogP contribution in [0.5, 0.6) is 0 Å². The van der Waals surface area contributed by atoms with Crippen LogP contribution >= 0.6 is 0 Å². The summed E-state index contributed by atoms with van der Waals surface area (Å²) in [5, 5.41) is 9.10. The van der Waals surface area contributed by atoms with E-state index in [0.29, 0.717) is 0 Å². The maximum Gasteiger partial charge on any atom is 0.0681 e. The number of hydrogen-bond acceptors (Lipinski definition) is 1. The van der Waals surface area contributed by atoms with E-state index in [1.54, 1.807) is 0 Å². The fourth-order valence-electron chi connectivity index (χ4n) is 2.95. The van der Waals surface area contributed by atoms with Crippen LogP contribution in [-0.4, -0.2) is 5.11 Å². The molecule has 0 fully saturated rings. The van der Waals surface area contributed by atoms with Gasteiger partial charge in [0.25, 0.3) is 0 Å². The van der Waals surface area contributed by atoms with Crippen LogP contribution in [0.4, 0.5) is 0 Å². The highest BCUT2D eigenvalue weighted by atomic mass is 16.3. The van der Waals surface area contributed by atoms with E-state index in [1.807, 2.05) is 12.1 Å². The van der Waals surface area contributed by atoms with Gasteiger partial charge in [-0.25, -0.2) is 0 Å². The monoisotopic (exact) mass is 310 g/mol. The molecule has 23 heavy (non-hydrogen) atoms. The molecule has 124 valence electrons. The third-order valence-corrected chi connectivity index (χ3v) is 4.49. The van der Waals surface area contributed by atoms with E-state index in [2.05, 4.69) is 43.3 Å². The lowest BCUT2D eigenvalue weighted by molar-refractivity contribution is 0.282. The van der Waals surface area contributed by atoms with Crippen LogP contribution in [0.15, 0.2) is 48.5 Å². The minimum absolute atomic E-state index is 0.109. The smallest absolute Gasteiger partial charge is 0.0681 e. The molecule has 0 unspecified atom stereocenters. The lowest BCUT2D eigenvalue weighted by Gasteiger charge is -2.06. The van der Waals surface area contributed by atoms with E-state index >= 15 is 0 Å². The molecule has 1 heteroatoms. The molecule has 0 aromatic heterocycles. The van der Waals surface area contributed by atoms with Crippen molar-refractivity contribution in [2.45, 2.75) is 64.9 Å². The van der Waals surface area contributed by atoms with Crippen LogP contribution in [0.3, 0.4) is 0 Å². The van der Waals surface area contributed by atoms with Crippen LogP contribution in [0.2, 0.25) is 0 Å². The zero-order valence-electron chi connectivity index (χ0n) is 14.4. The van der Waals surface area contributed by atoms with Gasteiger partial charge in [0.15, 0.2) is 0 Å². The number of benzene rings is 2. The number of rotatable bonds is 10. The van der Waals surface area contributed by atoms with Gasteiger partial charge in [0.05, 0.1) is 6.61 Å². The van der Waals surface area contributed by atoms with E-state index in [4.69, 9.17) is 5.11 Å². The van der Waals surface area contributed by atoms with Crippen molar-refractivity contribution in [2.24, 2.45) is 0 Å². The first-order valence-electron chi connectivity index (χ1n) is 9.12. The number of hydrogen-bond donors (Lipinski definition) is 1. The predicted molar refractivity (Wildman–Crippen MR) is 99.5 cm³/mol. The second-order valence-electron chi connectivity index (χ2n) is 6.42. The molecule has 0 aliphatic heterocycles. The summed E-state index contributed by atoms with van der Waals surface area (Å²) in [7, 11) is 0. The molecule has 0 aliphatic rings. The van der Waals surface area contributed by atoms with E-state index in [1.165, 1.54) is 68.1 Å². The zero-order chi connectivity index (χ0) is 16.3. The Bertz CT molecular complexity index is 539. The van der Waals surface area contributed by atoms with E-state index in [9.17, 15) is 0 Å². The topological polar surface area (TPSA) is 20.2 Å². The molecule has 0 amide bonds. The maximum atomic E-state index is 9.10. The first-order chi connectivity index (χ1) is 11.3. The summed E-state index contributed by atoms with van der Waals surface area (Å²) in [5.41, 5.74) is 4.86. The first-order valence-corrected chi connectivity index (χ1v) is 9.12. The summed E-state index contributed by atoms with van der Waals surface area (Å²) in [4.78, 5) is 0. The SMILES string of the molecule is CCCCCCCCCc1ccc(-c2ccc(CO)cc2)cc1. The van der Waals surface area contributed by atoms with Crippen molar-refractivity contribution >= 4 is 0 Å². The van der Waals surface area contributed by atoms with Gasteiger partial charge in [0, 0.05) is 0 Å². The van der Waals surface area contributed by atoms with Crippen molar-refractivity contribution in [3.05, 3.63) is 59.7 Å². The van der Waals surface area contributed by atoms with Gasteiger partial charge in [-0.05, 0) is 35.1 Å². The van der Waals surface area contributed by atoms with Crippen LogP contribution in [0.1, 0.15) is 63.0 Å². The molecule has 0 radical (unpaired) electrons. The Morgan fingerprint density at radius 1 is 0.609 bits per heavy atom. The quantitative estimate of drug-likeness (QED) is 0.523. The Balaban J connectivity index is 1.75. The molecule has 2 rings (SSSR count). The molecule has 0 atom stereocenters. The summed E-state index contributed by atoms with van der Waals surface area (Å²) in [6.07, 6.45) is 10.8. The molecule has 1 nitrogen and oxygen atoms in total. The van der Waals surface area contributed by atoms with Gasteiger partial charge in [-0.1, -0.05) is 94.0 Å². The van der Waals surface area contributed by atoms with Crippen LogP contribution in [0.25, 0.3) is 11.1 Å². The number of aliphatic hydroxyl groups is 1. The Hall–Kier alpha value is -1.60. The van der Waals surface area contributed by atoms with Crippen LogP contribution in [0, 0.1) is 0 Å². The van der Waals surface area contributed by atoms with Gasteiger partial charge in [-0.3, -0.25) is 0 Å². The first kappa shape index (κ1) is 17.7. The van der Waals surface area contributed by atoms with Gasteiger partial charge in [0.2, 0.25) is 0 Å². The van der Waals surface area contributed by atoms with Crippen LogP contribution < -0.4 is 0 Å². The number of unbranched alkanes of at least 4 members (excludes halogenated alkanes) is 6. The highest BCUT2D eigenvalue weighted by Crippen LogP contribution is 2.21. The van der Waals surface area contributed by atoms with Crippen molar-refractivity contribution < 1.29 is 5.11 Å². The van der Waals surface area contributed by atoms with Crippen molar-refractivity contribution in [3.63, 3.8) is 0 Å². The lowest BCUT2D eigenvalue weighted by Crippen LogP contribution is -1.87. The summed E-state index contributed by atoms with van der Waals surface area (Å²) in [6.45, 7) is 2.38. The summed E-state index contributed by atoms with van der Waals surface area (Å²) in [5.74, 6) is 0. The Morgan fingerprint density at radius 3 is 1.61 bits per heavy atom. The zero-order valence-corrected chi connectivity index (χ0v) is 14.4. The van der Waals surface area contributed by atoms with Gasteiger partial charge in [0.1, 0.15) is 0 Å². The average Bonchev–Trinajstić information content (AvgIpc) is 2.61. The predicted octanol–water partition coefficient (Wildman–Crippen LogP) is 6.14. The number of aliphatic hydroxyl groups excluding tert-OH is 1. The maximum absolute atomic E-state index is 9.10. The normalized spacial score (nSPS) is 10.9. The number of aryl methyl sites for hydroxylation is 1. The highest BCUT2D eigenvalue weighted by molar-refractivity contribution is 5.63. The van der Waals surface area contributed by atoms with E-state index < -0.39 is 0 Å². The van der Waals surface area contributed by atoms with Crippen molar-refractivity contribution in [1.29, 1.82) is 0 Å². The molecular formula is C22H30O. The van der Waals surface area contributed by atoms with Crippen LogP contribution in [-0.2, 0) is 13.0 Å². The fourth-order valence-corrected chi connectivity index (χ4v) is 2.95. The van der Waals surface area contributed by atoms with Crippen molar-refractivity contribution in [2.75, 3.05) is 0 Å². The van der Waals surface area contributed by atoms with Gasteiger partial charge >= 0.3 is 0 Å². The summed E-state index contributed by atoms with van der Waals surface area (Å²) >= 11 is 0. The minimum atomic E-state index is 0.109. The third kappa shape index (κ3) is 6.19. The molecule has 0 saturated heterocycles. The van der Waals surface area contributed by atoms with E-state index in [0.717, 1.165) is 5.56 Å². The largest absolute Gasteiger partial charge is 0.392 e.